The van der Waals surface area contributed by atoms with Crippen LogP contribution in [0.15, 0.2) is 43.8 Å². The molecule has 2 aromatic rings. The largest absolute Gasteiger partial charge is 0.448 e. The number of hydrogen-bond donors (Lipinski definition) is 1. The topological polar surface area (TPSA) is 54.6 Å². The molecule has 4 nitrogen and oxygen atoms in total. The number of hydrogen-bond acceptors (Lipinski definition) is 4. The van der Waals surface area contributed by atoms with Gasteiger partial charge in [-0.05, 0) is 39.5 Å². The fourth-order valence-corrected chi connectivity index (χ4v) is 1.95. The lowest BCUT2D eigenvalue weighted by atomic mass is 10.4. The zero-order chi connectivity index (χ0) is 11.4. The molecule has 0 spiro atoms. The molecular weight excluding hydrogens is 292 g/mol. The average Bonchev–Trinajstić information content (AvgIpc) is 2.89. The maximum absolute atomic E-state index is 11.4. The molecule has 0 unspecified atom stereocenters. The third-order valence-corrected chi connectivity index (χ3v) is 2.99. The van der Waals surface area contributed by atoms with E-state index in [-0.39, 0.29) is 5.91 Å². The van der Waals surface area contributed by atoms with Crippen LogP contribution >= 0.6 is 27.3 Å². The molecule has 6 heteroatoms. The summed E-state index contributed by atoms with van der Waals surface area (Å²) < 4.78 is 5.80. The van der Waals surface area contributed by atoms with Crippen LogP contribution in [-0.4, -0.2) is 12.1 Å². The molecule has 1 N–H and O–H groups in total. The second-order valence-electron chi connectivity index (χ2n) is 2.82. The first-order chi connectivity index (χ1) is 7.75. The minimum atomic E-state index is -0.225. The van der Waals surface area contributed by atoms with E-state index in [1.165, 1.54) is 17.6 Å². The Labute approximate surface area is 104 Å². The molecule has 0 atom stereocenters. The van der Waals surface area contributed by atoms with E-state index >= 15 is 0 Å². The maximum atomic E-state index is 11.4. The number of halogens is 1. The molecule has 0 radical (unpaired) electrons. The monoisotopic (exact) mass is 298 g/mol. The van der Waals surface area contributed by atoms with Crippen LogP contribution in [0.1, 0.15) is 15.4 Å². The standard InChI is InChI=1S/C10H7BrN2O2S/c11-9-4-3-7(15-9)6-12-13-10(14)8-2-1-5-16-8/h1-6H,(H,13,14)/b12-6+. The van der Waals surface area contributed by atoms with Crippen molar-refractivity contribution in [2.45, 2.75) is 0 Å². The van der Waals surface area contributed by atoms with Crippen molar-refractivity contribution < 1.29 is 9.21 Å². The van der Waals surface area contributed by atoms with Crippen molar-refractivity contribution in [2.75, 3.05) is 0 Å². The Morgan fingerprint density at radius 2 is 2.38 bits per heavy atom. The highest BCUT2D eigenvalue weighted by Gasteiger charge is 2.03. The van der Waals surface area contributed by atoms with Gasteiger partial charge in [0.2, 0.25) is 0 Å². The highest BCUT2D eigenvalue weighted by molar-refractivity contribution is 9.10. The summed E-state index contributed by atoms with van der Waals surface area (Å²) in [6.07, 6.45) is 1.44. The second-order valence-corrected chi connectivity index (χ2v) is 4.55. The van der Waals surface area contributed by atoms with Crippen LogP contribution in [0.3, 0.4) is 0 Å². The Bertz CT molecular complexity index is 505. The molecule has 0 fully saturated rings. The van der Waals surface area contributed by atoms with E-state index < -0.39 is 0 Å². The number of carbonyl (C=O) groups is 1. The minimum Gasteiger partial charge on any atom is -0.448 e. The fourth-order valence-electron chi connectivity index (χ4n) is 1.02. The van der Waals surface area contributed by atoms with E-state index in [1.807, 2.05) is 11.4 Å². The summed E-state index contributed by atoms with van der Waals surface area (Å²) in [6, 6.07) is 7.04. The Balaban J connectivity index is 1.93. The van der Waals surface area contributed by atoms with Crippen molar-refractivity contribution in [1.29, 1.82) is 0 Å². The van der Waals surface area contributed by atoms with Gasteiger partial charge in [-0.15, -0.1) is 11.3 Å². The first kappa shape index (κ1) is 11.1. The summed E-state index contributed by atoms with van der Waals surface area (Å²) in [6.45, 7) is 0. The lowest BCUT2D eigenvalue weighted by Crippen LogP contribution is -2.15. The molecule has 2 rings (SSSR count). The van der Waals surface area contributed by atoms with Crippen molar-refractivity contribution >= 4 is 39.4 Å². The molecule has 2 aromatic heterocycles. The van der Waals surface area contributed by atoms with Gasteiger partial charge in [-0.25, -0.2) is 5.43 Å². The van der Waals surface area contributed by atoms with E-state index in [9.17, 15) is 4.79 Å². The predicted octanol–water partition coefficient (Wildman–Crippen LogP) is 2.87. The van der Waals surface area contributed by atoms with Crippen molar-refractivity contribution in [3.8, 4) is 0 Å². The number of rotatable bonds is 3. The number of nitrogens with one attached hydrogen (secondary N) is 1. The summed E-state index contributed by atoms with van der Waals surface area (Å²) in [7, 11) is 0. The lowest BCUT2D eigenvalue weighted by Gasteiger charge is -1.93. The van der Waals surface area contributed by atoms with E-state index in [2.05, 4.69) is 26.5 Å². The van der Waals surface area contributed by atoms with Crippen molar-refractivity contribution in [3.05, 3.63) is 45.0 Å². The van der Waals surface area contributed by atoms with Crippen LogP contribution < -0.4 is 5.43 Å². The third kappa shape index (κ3) is 2.80. The molecule has 0 aliphatic rings. The number of amides is 1. The Kier molecular flexibility index (Phi) is 3.53. The van der Waals surface area contributed by atoms with Crippen LogP contribution in [-0.2, 0) is 0 Å². The Hall–Kier alpha value is -1.40. The van der Waals surface area contributed by atoms with E-state index in [0.717, 1.165) is 0 Å². The summed E-state index contributed by atoms with van der Waals surface area (Å²) >= 11 is 4.53. The van der Waals surface area contributed by atoms with Crippen LogP contribution in [0.2, 0.25) is 0 Å². The van der Waals surface area contributed by atoms with Crippen molar-refractivity contribution in [1.82, 2.24) is 5.43 Å². The number of furan rings is 1. The average molecular weight is 299 g/mol. The number of hydrazone groups is 1. The summed E-state index contributed by atoms with van der Waals surface area (Å²) in [5, 5.41) is 5.61. The molecule has 82 valence electrons. The summed E-state index contributed by atoms with van der Waals surface area (Å²) in [5.41, 5.74) is 2.41. The van der Waals surface area contributed by atoms with E-state index in [1.54, 1.807) is 18.2 Å². The van der Waals surface area contributed by atoms with Gasteiger partial charge in [0.15, 0.2) is 4.67 Å². The maximum Gasteiger partial charge on any atom is 0.281 e. The van der Waals surface area contributed by atoms with E-state index in [0.29, 0.717) is 15.3 Å². The SMILES string of the molecule is O=C(N/N=C/c1ccc(Br)o1)c1cccs1. The zero-order valence-electron chi connectivity index (χ0n) is 8.01. The molecule has 0 aromatic carbocycles. The normalized spacial score (nSPS) is 10.8. The molecule has 0 saturated heterocycles. The zero-order valence-corrected chi connectivity index (χ0v) is 10.4. The summed E-state index contributed by atoms with van der Waals surface area (Å²) in [4.78, 5) is 12.1. The van der Waals surface area contributed by atoms with Gasteiger partial charge in [-0.3, -0.25) is 4.79 Å². The van der Waals surface area contributed by atoms with Gasteiger partial charge in [-0.1, -0.05) is 6.07 Å². The van der Waals surface area contributed by atoms with Crippen molar-refractivity contribution in [2.24, 2.45) is 5.10 Å². The van der Waals surface area contributed by atoms with Gasteiger partial charge in [0.05, 0.1) is 11.1 Å². The van der Waals surface area contributed by atoms with Gasteiger partial charge < -0.3 is 4.42 Å². The first-order valence-corrected chi connectivity index (χ1v) is 6.05. The molecule has 0 bridgehead atoms. The second kappa shape index (κ2) is 5.09. The van der Waals surface area contributed by atoms with Crippen LogP contribution in [0.25, 0.3) is 0 Å². The fraction of sp³-hybridized carbons (Fsp3) is 0. The Morgan fingerprint density at radius 3 is 3.00 bits per heavy atom. The molecule has 0 aliphatic carbocycles. The smallest absolute Gasteiger partial charge is 0.281 e. The van der Waals surface area contributed by atoms with Crippen LogP contribution in [0, 0.1) is 0 Å². The number of nitrogens with zero attached hydrogens (tertiary/aromatic N) is 1. The van der Waals surface area contributed by atoms with Gasteiger partial charge >= 0.3 is 0 Å². The molecule has 16 heavy (non-hydrogen) atoms. The quantitative estimate of drug-likeness (QED) is 0.700. The molecule has 1 amide bonds. The van der Waals surface area contributed by atoms with Gasteiger partial charge in [0, 0.05) is 0 Å². The van der Waals surface area contributed by atoms with Crippen molar-refractivity contribution in [3.63, 3.8) is 0 Å². The van der Waals surface area contributed by atoms with Crippen LogP contribution in [0.4, 0.5) is 0 Å². The van der Waals surface area contributed by atoms with Gasteiger partial charge in [-0.2, -0.15) is 5.10 Å². The van der Waals surface area contributed by atoms with Crippen LogP contribution in [0.5, 0.6) is 0 Å². The van der Waals surface area contributed by atoms with Gasteiger partial charge in [0.1, 0.15) is 5.76 Å². The molecular formula is C10H7BrN2O2S. The number of carbonyl (C=O) groups excluding carboxylic acids is 1. The van der Waals surface area contributed by atoms with Gasteiger partial charge in [0.25, 0.3) is 5.91 Å². The Morgan fingerprint density at radius 1 is 1.50 bits per heavy atom. The highest BCUT2D eigenvalue weighted by atomic mass is 79.9. The lowest BCUT2D eigenvalue weighted by molar-refractivity contribution is 0.0959. The highest BCUT2D eigenvalue weighted by Crippen LogP contribution is 2.12. The third-order valence-electron chi connectivity index (χ3n) is 1.70. The molecule has 2 heterocycles. The number of thiophene rings is 1. The predicted molar refractivity (Wildman–Crippen MR) is 65.8 cm³/mol. The molecule has 0 aliphatic heterocycles. The van der Waals surface area contributed by atoms with E-state index in [4.69, 9.17) is 4.42 Å². The minimum absolute atomic E-state index is 0.225. The summed E-state index contributed by atoms with van der Waals surface area (Å²) in [5.74, 6) is 0.343. The molecule has 0 saturated carbocycles. The first-order valence-electron chi connectivity index (χ1n) is 4.38.